The molecule has 0 fully saturated rings. The molecule has 28 heavy (non-hydrogen) atoms. The molecule has 1 aromatic heterocycles. The number of aromatic amines is 1. The third-order valence-corrected chi connectivity index (χ3v) is 4.87. The van der Waals surface area contributed by atoms with Crippen LogP contribution in [-0.2, 0) is 4.79 Å². The summed E-state index contributed by atoms with van der Waals surface area (Å²) in [5.41, 5.74) is 3.81. The van der Waals surface area contributed by atoms with Crippen LogP contribution in [0, 0.1) is 6.92 Å². The molecule has 0 aliphatic carbocycles. The molecule has 1 amide bonds. The highest BCUT2D eigenvalue weighted by Crippen LogP contribution is 2.25. The predicted octanol–water partition coefficient (Wildman–Crippen LogP) is 4.56. The predicted molar refractivity (Wildman–Crippen MR) is 110 cm³/mol. The lowest BCUT2D eigenvalue weighted by Crippen LogP contribution is -2.35. The van der Waals surface area contributed by atoms with Gasteiger partial charge in [0.25, 0.3) is 11.7 Å². The van der Waals surface area contributed by atoms with Gasteiger partial charge in [0, 0.05) is 16.6 Å². The number of amides is 1. The maximum Gasteiger partial charge on any atom is 0.293 e. The van der Waals surface area contributed by atoms with Gasteiger partial charge in [-0.3, -0.25) is 9.59 Å². The van der Waals surface area contributed by atoms with Crippen LogP contribution in [0.4, 0.5) is 0 Å². The van der Waals surface area contributed by atoms with E-state index in [1.807, 2.05) is 91.9 Å². The van der Waals surface area contributed by atoms with Gasteiger partial charge in [0.15, 0.2) is 0 Å². The van der Waals surface area contributed by atoms with Crippen molar-refractivity contribution in [3.05, 3.63) is 107 Å². The third-order valence-electron chi connectivity index (χ3n) is 4.87. The molecule has 3 aromatic carbocycles. The summed E-state index contributed by atoms with van der Waals surface area (Å²) in [5, 5.41) is 3.69. The molecule has 0 spiro atoms. The molecule has 4 rings (SSSR count). The highest BCUT2D eigenvalue weighted by Gasteiger charge is 2.26. The number of benzene rings is 3. The number of carbonyl (C=O) groups excluding carboxylic acids is 2. The zero-order chi connectivity index (χ0) is 19.5. The number of hydrogen-bond acceptors (Lipinski definition) is 2. The first-order valence-corrected chi connectivity index (χ1v) is 9.17. The van der Waals surface area contributed by atoms with Crippen LogP contribution in [0.5, 0.6) is 0 Å². The van der Waals surface area contributed by atoms with Crippen molar-refractivity contribution in [2.24, 2.45) is 0 Å². The second kappa shape index (κ2) is 7.53. The third kappa shape index (κ3) is 3.32. The van der Waals surface area contributed by atoms with E-state index in [4.69, 9.17) is 0 Å². The van der Waals surface area contributed by atoms with E-state index < -0.39 is 17.7 Å². The first kappa shape index (κ1) is 17.7. The minimum atomic E-state index is -0.620. The summed E-state index contributed by atoms with van der Waals surface area (Å²) in [6, 6.07) is 26.4. The molecule has 4 aromatic rings. The van der Waals surface area contributed by atoms with Crippen LogP contribution in [0.3, 0.4) is 0 Å². The van der Waals surface area contributed by atoms with Crippen molar-refractivity contribution in [3.8, 4) is 0 Å². The zero-order valence-electron chi connectivity index (χ0n) is 15.5. The number of rotatable bonds is 5. The van der Waals surface area contributed by atoms with Crippen molar-refractivity contribution in [3.63, 3.8) is 0 Å². The Morgan fingerprint density at radius 3 is 1.93 bits per heavy atom. The van der Waals surface area contributed by atoms with Gasteiger partial charge in [0.2, 0.25) is 0 Å². The van der Waals surface area contributed by atoms with Gasteiger partial charge in [-0.25, -0.2) is 0 Å². The van der Waals surface area contributed by atoms with Crippen LogP contribution in [0.1, 0.15) is 33.2 Å². The number of H-pyrrole nitrogens is 1. The standard InChI is InChI=1S/C24H20N2O2/c1-16-21(19-14-8-9-15-20(19)25-16)23(27)24(28)26-22(17-10-4-2-5-11-17)18-12-6-3-7-13-18/h2-15,22,25H,1H3,(H,26,28). The first-order valence-electron chi connectivity index (χ1n) is 9.17. The fourth-order valence-corrected chi connectivity index (χ4v) is 3.53. The van der Waals surface area contributed by atoms with Crippen molar-refractivity contribution in [2.75, 3.05) is 0 Å². The molecule has 0 bridgehead atoms. The topological polar surface area (TPSA) is 62.0 Å². The first-order chi connectivity index (χ1) is 13.6. The average molecular weight is 368 g/mol. The van der Waals surface area contributed by atoms with E-state index in [-0.39, 0.29) is 0 Å². The quantitative estimate of drug-likeness (QED) is 0.400. The van der Waals surface area contributed by atoms with Gasteiger partial charge in [-0.1, -0.05) is 78.9 Å². The van der Waals surface area contributed by atoms with Crippen LogP contribution >= 0.6 is 0 Å². The number of aryl methyl sites for hydroxylation is 1. The molecule has 0 aliphatic heterocycles. The van der Waals surface area contributed by atoms with Crippen molar-refractivity contribution < 1.29 is 9.59 Å². The lowest BCUT2D eigenvalue weighted by Gasteiger charge is -2.19. The molecule has 0 saturated heterocycles. The Morgan fingerprint density at radius 2 is 1.32 bits per heavy atom. The summed E-state index contributed by atoms with van der Waals surface area (Å²) in [6.45, 7) is 1.81. The van der Waals surface area contributed by atoms with Crippen LogP contribution < -0.4 is 5.32 Å². The van der Waals surface area contributed by atoms with E-state index in [1.54, 1.807) is 0 Å². The average Bonchev–Trinajstić information content (AvgIpc) is 3.08. The summed E-state index contributed by atoms with van der Waals surface area (Å²) < 4.78 is 0. The number of fused-ring (bicyclic) bond motifs is 1. The van der Waals surface area contributed by atoms with Crippen molar-refractivity contribution in [1.29, 1.82) is 0 Å². The summed E-state index contributed by atoms with van der Waals surface area (Å²) in [5.74, 6) is -1.16. The van der Waals surface area contributed by atoms with E-state index >= 15 is 0 Å². The molecule has 0 aliphatic rings. The molecule has 2 N–H and O–H groups in total. The zero-order valence-corrected chi connectivity index (χ0v) is 15.5. The Labute approximate surface area is 163 Å². The van der Waals surface area contributed by atoms with Crippen LogP contribution in [-0.4, -0.2) is 16.7 Å². The number of hydrogen-bond donors (Lipinski definition) is 2. The van der Waals surface area contributed by atoms with Crippen LogP contribution in [0.2, 0.25) is 0 Å². The maximum atomic E-state index is 13.0. The van der Waals surface area contributed by atoms with Gasteiger partial charge in [-0.2, -0.15) is 0 Å². The Bertz CT molecular complexity index is 1090. The number of ketones is 1. The van der Waals surface area contributed by atoms with E-state index in [0.717, 1.165) is 22.0 Å². The normalized spacial score (nSPS) is 10.9. The number of Topliss-reactive ketones (excluding diaryl/α,β-unsaturated/α-hetero) is 1. The molecule has 138 valence electrons. The van der Waals surface area contributed by atoms with E-state index in [1.165, 1.54) is 0 Å². The number of para-hydroxylation sites is 1. The molecule has 0 radical (unpaired) electrons. The second-order valence-corrected chi connectivity index (χ2v) is 6.73. The molecule has 0 saturated carbocycles. The van der Waals surface area contributed by atoms with Crippen molar-refractivity contribution in [1.82, 2.24) is 10.3 Å². The minimum Gasteiger partial charge on any atom is -0.358 e. The number of nitrogens with one attached hydrogen (secondary N) is 2. The van der Waals surface area contributed by atoms with Crippen LogP contribution in [0.25, 0.3) is 10.9 Å². The Balaban J connectivity index is 1.68. The summed E-state index contributed by atoms with van der Waals surface area (Å²) in [6.07, 6.45) is 0. The van der Waals surface area contributed by atoms with Gasteiger partial charge in [-0.05, 0) is 24.1 Å². The minimum absolute atomic E-state index is 0.399. The summed E-state index contributed by atoms with van der Waals surface area (Å²) in [7, 11) is 0. The smallest absolute Gasteiger partial charge is 0.293 e. The van der Waals surface area contributed by atoms with Crippen molar-refractivity contribution in [2.45, 2.75) is 13.0 Å². The number of carbonyl (C=O) groups is 2. The van der Waals surface area contributed by atoms with E-state index in [2.05, 4.69) is 10.3 Å². The Kier molecular flexibility index (Phi) is 4.77. The maximum absolute atomic E-state index is 13.0. The SMILES string of the molecule is Cc1[nH]c2ccccc2c1C(=O)C(=O)NC(c1ccccc1)c1ccccc1. The summed E-state index contributed by atoms with van der Waals surface area (Å²) in [4.78, 5) is 29.1. The second-order valence-electron chi connectivity index (χ2n) is 6.73. The van der Waals surface area contributed by atoms with Crippen molar-refractivity contribution >= 4 is 22.6 Å². The highest BCUT2D eigenvalue weighted by atomic mass is 16.2. The molecular weight excluding hydrogens is 348 g/mol. The molecule has 0 atom stereocenters. The Hall–Kier alpha value is -3.66. The van der Waals surface area contributed by atoms with Gasteiger partial charge < -0.3 is 10.3 Å². The van der Waals surface area contributed by atoms with Gasteiger partial charge >= 0.3 is 0 Å². The molecule has 4 heteroatoms. The van der Waals surface area contributed by atoms with Gasteiger partial charge in [0.05, 0.1) is 11.6 Å². The monoisotopic (exact) mass is 368 g/mol. The summed E-state index contributed by atoms with van der Waals surface area (Å²) >= 11 is 0. The van der Waals surface area contributed by atoms with Gasteiger partial charge in [-0.15, -0.1) is 0 Å². The molecule has 0 unspecified atom stereocenters. The van der Waals surface area contributed by atoms with Crippen LogP contribution in [0.15, 0.2) is 84.9 Å². The fourth-order valence-electron chi connectivity index (χ4n) is 3.53. The Morgan fingerprint density at radius 1 is 0.786 bits per heavy atom. The van der Waals surface area contributed by atoms with E-state index in [0.29, 0.717) is 11.3 Å². The highest BCUT2D eigenvalue weighted by molar-refractivity contribution is 6.45. The molecular formula is C24H20N2O2. The number of aromatic nitrogens is 1. The van der Waals surface area contributed by atoms with Gasteiger partial charge in [0.1, 0.15) is 0 Å². The lowest BCUT2D eigenvalue weighted by molar-refractivity contribution is -0.117. The molecule has 4 nitrogen and oxygen atoms in total. The fraction of sp³-hybridized carbons (Fsp3) is 0.0833. The molecule has 1 heterocycles. The van der Waals surface area contributed by atoms with E-state index in [9.17, 15) is 9.59 Å². The largest absolute Gasteiger partial charge is 0.358 e. The lowest BCUT2D eigenvalue weighted by atomic mass is 9.98.